The van der Waals surface area contributed by atoms with Crippen molar-refractivity contribution in [1.29, 1.82) is 0 Å². The number of anilines is 1. The van der Waals surface area contributed by atoms with Crippen molar-refractivity contribution in [2.75, 3.05) is 17.8 Å². The summed E-state index contributed by atoms with van der Waals surface area (Å²) in [5.74, 6) is -0.0155. The summed E-state index contributed by atoms with van der Waals surface area (Å²) < 4.78 is 26.5. The maximum absolute atomic E-state index is 11.5. The van der Waals surface area contributed by atoms with E-state index in [-0.39, 0.29) is 18.6 Å². The summed E-state index contributed by atoms with van der Waals surface area (Å²) in [5.41, 5.74) is 0.769. The van der Waals surface area contributed by atoms with Gasteiger partial charge < -0.3 is 4.90 Å². The first-order chi connectivity index (χ1) is 7.97. The first-order valence-electron chi connectivity index (χ1n) is 5.19. The third-order valence-electron chi connectivity index (χ3n) is 2.55. The van der Waals surface area contributed by atoms with Gasteiger partial charge in [0, 0.05) is 5.69 Å². The molecule has 0 saturated carbocycles. The van der Waals surface area contributed by atoms with Crippen LogP contribution in [0.25, 0.3) is 0 Å². The minimum Gasteiger partial charge on any atom is -0.306 e. The van der Waals surface area contributed by atoms with E-state index in [4.69, 9.17) is 4.18 Å². The molecule has 2 rings (SSSR count). The van der Waals surface area contributed by atoms with Gasteiger partial charge in [0.2, 0.25) is 5.91 Å². The van der Waals surface area contributed by atoms with Crippen molar-refractivity contribution in [3.8, 4) is 0 Å². The molecule has 5 nitrogen and oxygen atoms in total. The fraction of sp³-hybridized carbons (Fsp3) is 0.364. The fourth-order valence-electron chi connectivity index (χ4n) is 1.76. The van der Waals surface area contributed by atoms with E-state index in [9.17, 15) is 13.2 Å². The second-order valence-electron chi connectivity index (χ2n) is 3.95. The highest BCUT2D eigenvalue weighted by Crippen LogP contribution is 2.27. The van der Waals surface area contributed by atoms with E-state index in [1.54, 1.807) is 4.90 Å². The second kappa shape index (κ2) is 4.46. The van der Waals surface area contributed by atoms with E-state index in [2.05, 4.69) is 0 Å². The summed E-state index contributed by atoms with van der Waals surface area (Å²) in [6.07, 6.45) is 1.32. The Hall–Kier alpha value is -1.40. The Balaban J connectivity index is 2.04. The standard InChI is InChI=1S/C11H13NO4S/c1-17(14,15)16-8-10-7-11(13)12(10)9-5-3-2-4-6-9/h2-6,10H,7-8H2,1H3. The predicted octanol–water partition coefficient (Wildman–Crippen LogP) is 0.768. The number of carbonyl (C=O) groups is 1. The van der Waals surface area contributed by atoms with Gasteiger partial charge in [-0.3, -0.25) is 8.98 Å². The second-order valence-corrected chi connectivity index (χ2v) is 5.59. The normalized spacial score (nSPS) is 20.2. The number of amides is 1. The van der Waals surface area contributed by atoms with Crippen LogP contribution in [0.1, 0.15) is 6.42 Å². The number of rotatable bonds is 4. The van der Waals surface area contributed by atoms with E-state index < -0.39 is 10.1 Å². The lowest BCUT2D eigenvalue weighted by Crippen LogP contribution is -2.55. The summed E-state index contributed by atoms with van der Waals surface area (Å²) in [6, 6.07) is 8.94. The van der Waals surface area contributed by atoms with E-state index in [1.165, 1.54) is 0 Å². The Morgan fingerprint density at radius 1 is 1.35 bits per heavy atom. The minimum absolute atomic E-state index is 0.0134. The van der Waals surface area contributed by atoms with Gasteiger partial charge in [-0.2, -0.15) is 8.42 Å². The lowest BCUT2D eigenvalue weighted by atomic mass is 10.0. The Kier molecular flexibility index (Phi) is 3.17. The molecule has 1 aliphatic heterocycles. The van der Waals surface area contributed by atoms with Crippen LogP contribution in [-0.2, 0) is 19.1 Å². The van der Waals surface area contributed by atoms with Gasteiger partial charge in [-0.25, -0.2) is 0 Å². The predicted molar refractivity (Wildman–Crippen MR) is 63.1 cm³/mol. The number of hydrogen-bond donors (Lipinski definition) is 0. The van der Waals surface area contributed by atoms with Crippen molar-refractivity contribution in [2.24, 2.45) is 0 Å². The highest BCUT2D eigenvalue weighted by atomic mass is 32.2. The first kappa shape index (κ1) is 12.1. The zero-order chi connectivity index (χ0) is 12.5. The van der Waals surface area contributed by atoms with Gasteiger partial charge in [-0.15, -0.1) is 0 Å². The number of β-lactam (4-membered cyclic amide) rings is 1. The average Bonchev–Trinajstić information content (AvgIpc) is 2.24. The summed E-state index contributed by atoms with van der Waals surface area (Å²) in [5, 5.41) is 0. The van der Waals surface area contributed by atoms with Crippen LogP contribution in [0, 0.1) is 0 Å². The van der Waals surface area contributed by atoms with E-state index >= 15 is 0 Å². The molecule has 0 bridgehead atoms. The molecule has 1 aromatic rings. The van der Waals surface area contributed by atoms with Gasteiger partial charge in [0.25, 0.3) is 10.1 Å². The molecule has 92 valence electrons. The van der Waals surface area contributed by atoms with Gasteiger partial charge in [0.1, 0.15) is 0 Å². The summed E-state index contributed by atoms with van der Waals surface area (Å²) in [4.78, 5) is 13.0. The molecule has 1 saturated heterocycles. The lowest BCUT2D eigenvalue weighted by molar-refractivity contribution is -0.124. The van der Waals surface area contributed by atoms with Crippen molar-refractivity contribution in [1.82, 2.24) is 0 Å². The average molecular weight is 255 g/mol. The van der Waals surface area contributed by atoms with Gasteiger partial charge in [-0.05, 0) is 12.1 Å². The Morgan fingerprint density at radius 2 is 2.00 bits per heavy atom. The number of carbonyl (C=O) groups excluding carboxylic acids is 1. The molecule has 1 atom stereocenters. The highest BCUT2D eigenvalue weighted by molar-refractivity contribution is 7.85. The van der Waals surface area contributed by atoms with Crippen LogP contribution in [-0.4, -0.2) is 33.2 Å². The number of nitrogens with zero attached hydrogens (tertiary/aromatic N) is 1. The molecule has 0 N–H and O–H groups in total. The third kappa shape index (κ3) is 2.83. The Labute approximate surface area is 100 Å². The molecule has 0 spiro atoms. The topological polar surface area (TPSA) is 63.7 Å². The van der Waals surface area contributed by atoms with Crippen molar-refractivity contribution >= 4 is 21.7 Å². The maximum Gasteiger partial charge on any atom is 0.264 e. The smallest absolute Gasteiger partial charge is 0.264 e. The van der Waals surface area contributed by atoms with Gasteiger partial charge >= 0.3 is 0 Å². The number of hydrogen-bond acceptors (Lipinski definition) is 4. The van der Waals surface area contributed by atoms with Crippen LogP contribution in [0.2, 0.25) is 0 Å². The van der Waals surface area contributed by atoms with Crippen molar-refractivity contribution in [2.45, 2.75) is 12.5 Å². The minimum atomic E-state index is -3.46. The molecule has 6 heteroatoms. The molecule has 1 unspecified atom stereocenters. The molecular weight excluding hydrogens is 242 g/mol. The molecule has 1 amide bonds. The Bertz CT molecular complexity index is 512. The summed E-state index contributed by atoms with van der Waals surface area (Å²) in [6.45, 7) is 0.0134. The molecular formula is C11H13NO4S. The lowest BCUT2D eigenvalue weighted by Gasteiger charge is -2.39. The van der Waals surface area contributed by atoms with Gasteiger partial charge in [0.15, 0.2) is 0 Å². The van der Waals surface area contributed by atoms with Gasteiger partial charge in [-0.1, -0.05) is 18.2 Å². The van der Waals surface area contributed by atoms with Crippen LogP contribution in [0.3, 0.4) is 0 Å². The zero-order valence-electron chi connectivity index (χ0n) is 9.37. The van der Waals surface area contributed by atoms with Crippen LogP contribution >= 0.6 is 0 Å². The fourth-order valence-corrected chi connectivity index (χ4v) is 2.17. The zero-order valence-corrected chi connectivity index (χ0v) is 10.2. The van der Waals surface area contributed by atoms with Crippen LogP contribution in [0.4, 0.5) is 5.69 Å². The first-order valence-corrected chi connectivity index (χ1v) is 7.00. The highest BCUT2D eigenvalue weighted by Gasteiger charge is 2.37. The van der Waals surface area contributed by atoms with E-state index in [0.717, 1.165) is 11.9 Å². The molecule has 0 aromatic heterocycles. The largest absolute Gasteiger partial charge is 0.306 e. The maximum atomic E-state index is 11.5. The quantitative estimate of drug-likeness (QED) is 0.589. The van der Waals surface area contributed by atoms with E-state index in [0.29, 0.717) is 6.42 Å². The van der Waals surface area contributed by atoms with Crippen LogP contribution in [0.5, 0.6) is 0 Å². The molecule has 1 aliphatic rings. The number of benzene rings is 1. The van der Waals surface area contributed by atoms with E-state index in [1.807, 2.05) is 30.3 Å². The SMILES string of the molecule is CS(=O)(=O)OCC1CC(=O)N1c1ccccc1. The van der Waals surface area contributed by atoms with Crippen molar-refractivity contribution in [3.05, 3.63) is 30.3 Å². The van der Waals surface area contributed by atoms with Gasteiger partial charge in [0.05, 0.1) is 25.3 Å². The molecule has 1 aromatic carbocycles. The molecule has 1 heterocycles. The molecule has 1 fully saturated rings. The molecule has 0 aliphatic carbocycles. The summed E-state index contributed by atoms with van der Waals surface area (Å²) >= 11 is 0. The van der Waals surface area contributed by atoms with Crippen LogP contribution in [0.15, 0.2) is 30.3 Å². The van der Waals surface area contributed by atoms with Crippen molar-refractivity contribution in [3.63, 3.8) is 0 Å². The molecule has 17 heavy (non-hydrogen) atoms. The third-order valence-corrected chi connectivity index (χ3v) is 3.12. The van der Waals surface area contributed by atoms with Crippen molar-refractivity contribution < 1.29 is 17.4 Å². The van der Waals surface area contributed by atoms with Crippen LogP contribution < -0.4 is 4.90 Å². The Morgan fingerprint density at radius 3 is 2.53 bits per heavy atom. The molecule has 0 radical (unpaired) electrons. The number of para-hydroxylation sites is 1. The summed E-state index contributed by atoms with van der Waals surface area (Å²) in [7, 11) is -3.46. The monoisotopic (exact) mass is 255 g/mol.